The van der Waals surface area contributed by atoms with Crippen molar-refractivity contribution in [3.05, 3.63) is 12.2 Å². The summed E-state index contributed by atoms with van der Waals surface area (Å²) in [5.41, 5.74) is 0. The smallest absolute Gasteiger partial charge is 0.217 e. The molecule has 2 rings (SSSR count). The molecule has 0 radical (unpaired) electrons. The molecule has 2 aliphatic rings. The third-order valence-electron chi connectivity index (χ3n) is 10.8. The van der Waals surface area contributed by atoms with Crippen molar-refractivity contribution < 1.29 is 64.6 Å². The molecule has 14 heteroatoms. The summed E-state index contributed by atoms with van der Waals surface area (Å²) in [6.45, 7) is 1.83. The van der Waals surface area contributed by atoms with E-state index in [0.29, 0.717) is 0 Å². The molecule has 2 fully saturated rings. The highest BCUT2D eigenvalue weighted by Crippen LogP contribution is 2.30. The average Bonchev–Trinajstić information content (AvgIpc) is 3.17. The molecule has 2 saturated heterocycles. The summed E-state index contributed by atoms with van der Waals surface area (Å²) >= 11 is 0. The van der Waals surface area contributed by atoms with Gasteiger partial charge in [0.05, 0.1) is 32.0 Å². The standard InChI is InChI=1S/C41H77NO13/c1-3-4-5-6-7-8-9-10-11-12-13-14-15-16-17-18-19-20-21-22-23-24-25-31(46)30(42-29(2)45)28-52-40-38(51)36(49)39(33(27-44)54-40)55-41-37(50)35(48)34(47)32(26-43)53-41/h24-25,30-41,43-44,46-51H,3-23,26-28H2,1-2H3,(H,42,45)/b25-24+. The summed E-state index contributed by atoms with van der Waals surface area (Å²) < 4.78 is 22.2. The number of hydrogen-bond acceptors (Lipinski definition) is 13. The Hall–Kier alpha value is -1.27. The van der Waals surface area contributed by atoms with Crippen LogP contribution >= 0.6 is 0 Å². The summed E-state index contributed by atoms with van der Waals surface area (Å²) in [6, 6.07) is -0.910. The molecule has 0 aromatic carbocycles. The van der Waals surface area contributed by atoms with E-state index in [0.717, 1.165) is 19.3 Å². The summed E-state index contributed by atoms with van der Waals surface area (Å²) in [5, 5.41) is 84.9. The van der Waals surface area contributed by atoms with Gasteiger partial charge < -0.3 is 65.1 Å². The molecule has 0 saturated carbocycles. The Balaban J connectivity index is 1.61. The highest BCUT2D eigenvalue weighted by Gasteiger charge is 2.50. The number of ether oxygens (including phenoxy) is 4. The van der Waals surface area contributed by atoms with Gasteiger partial charge in [-0.15, -0.1) is 0 Å². The summed E-state index contributed by atoms with van der Waals surface area (Å²) in [6.07, 6.45) is 13.7. The normalized spacial score (nSPS) is 29.8. The first-order chi connectivity index (χ1) is 26.5. The van der Waals surface area contributed by atoms with Gasteiger partial charge in [0, 0.05) is 6.92 Å². The second-order valence-corrected chi connectivity index (χ2v) is 15.6. The van der Waals surface area contributed by atoms with Crippen LogP contribution in [-0.4, -0.2) is 140 Å². The van der Waals surface area contributed by atoms with Crippen molar-refractivity contribution in [1.29, 1.82) is 0 Å². The van der Waals surface area contributed by atoms with Gasteiger partial charge in [-0.2, -0.15) is 0 Å². The van der Waals surface area contributed by atoms with E-state index in [9.17, 15) is 45.6 Å². The molecule has 9 N–H and O–H groups in total. The average molecular weight is 792 g/mol. The van der Waals surface area contributed by atoms with E-state index in [-0.39, 0.29) is 6.61 Å². The van der Waals surface area contributed by atoms with Crippen molar-refractivity contribution in [1.82, 2.24) is 5.32 Å². The lowest BCUT2D eigenvalue weighted by atomic mass is 9.97. The first-order valence-corrected chi connectivity index (χ1v) is 21.4. The monoisotopic (exact) mass is 792 g/mol. The number of nitrogens with one attached hydrogen (secondary N) is 1. The molecule has 12 unspecified atom stereocenters. The van der Waals surface area contributed by atoms with Gasteiger partial charge in [0.25, 0.3) is 0 Å². The second-order valence-electron chi connectivity index (χ2n) is 15.6. The number of aliphatic hydroxyl groups is 8. The fourth-order valence-corrected chi connectivity index (χ4v) is 7.27. The van der Waals surface area contributed by atoms with E-state index in [1.807, 2.05) is 6.08 Å². The van der Waals surface area contributed by atoms with Gasteiger partial charge in [0.1, 0.15) is 48.8 Å². The van der Waals surface area contributed by atoms with Gasteiger partial charge in [-0.3, -0.25) is 4.79 Å². The molecule has 2 heterocycles. The van der Waals surface area contributed by atoms with Crippen LogP contribution in [0.15, 0.2) is 12.2 Å². The van der Waals surface area contributed by atoms with Crippen LogP contribution in [0.3, 0.4) is 0 Å². The summed E-state index contributed by atoms with van der Waals surface area (Å²) in [7, 11) is 0. The minimum absolute atomic E-state index is 0.310. The van der Waals surface area contributed by atoms with Crippen LogP contribution in [-0.2, 0) is 23.7 Å². The molecule has 2 aliphatic heterocycles. The lowest BCUT2D eigenvalue weighted by Gasteiger charge is -2.46. The maximum atomic E-state index is 11.9. The number of amides is 1. The minimum Gasteiger partial charge on any atom is -0.394 e. The molecule has 0 spiro atoms. The van der Waals surface area contributed by atoms with Gasteiger partial charge >= 0.3 is 0 Å². The zero-order valence-electron chi connectivity index (χ0n) is 33.7. The molecule has 0 bridgehead atoms. The number of aliphatic hydroxyl groups excluding tert-OH is 8. The van der Waals surface area contributed by atoms with E-state index in [4.69, 9.17) is 18.9 Å². The Labute approximate surface area is 329 Å². The van der Waals surface area contributed by atoms with Gasteiger partial charge in [0.15, 0.2) is 12.6 Å². The quantitative estimate of drug-likeness (QED) is 0.0364. The van der Waals surface area contributed by atoms with E-state index < -0.39 is 92.7 Å². The van der Waals surface area contributed by atoms with Gasteiger partial charge in [-0.05, 0) is 12.8 Å². The van der Waals surface area contributed by atoms with E-state index >= 15 is 0 Å². The zero-order chi connectivity index (χ0) is 40.4. The maximum absolute atomic E-state index is 11.9. The van der Waals surface area contributed by atoms with Gasteiger partial charge in [-0.1, -0.05) is 141 Å². The Bertz CT molecular complexity index is 988. The van der Waals surface area contributed by atoms with Crippen molar-refractivity contribution in [3.63, 3.8) is 0 Å². The SMILES string of the molecule is CCCCCCCCCCCCCCCCCCCCCC/C=C/C(O)C(COC1OC(CO)C(OC2OC(CO)C(O)C(O)C2O)C(O)C1O)NC(C)=O. The molecule has 12 atom stereocenters. The summed E-state index contributed by atoms with van der Waals surface area (Å²) in [5.74, 6) is -0.415. The Morgan fingerprint density at radius 2 is 1.09 bits per heavy atom. The lowest BCUT2D eigenvalue weighted by molar-refractivity contribution is -0.359. The van der Waals surface area contributed by atoms with Crippen molar-refractivity contribution in [2.45, 2.75) is 222 Å². The third-order valence-corrected chi connectivity index (χ3v) is 10.8. The Morgan fingerprint density at radius 3 is 1.56 bits per heavy atom. The molecule has 55 heavy (non-hydrogen) atoms. The van der Waals surface area contributed by atoms with Crippen molar-refractivity contribution in [2.24, 2.45) is 0 Å². The van der Waals surface area contributed by atoms with Crippen LogP contribution < -0.4 is 5.32 Å². The van der Waals surface area contributed by atoms with E-state index in [1.54, 1.807) is 6.08 Å². The molecular formula is C41H77NO13. The summed E-state index contributed by atoms with van der Waals surface area (Å²) in [4.78, 5) is 11.9. The fourth-order valence-electron chi connectivity index (χ4n) is 7.27. The van der Waals surface area contributed by atoms with Crippen LogP contribution in [0.25, 0.3) is 0 Å². The first-order valence-electron chi connectivity index (χ1n) is 21.4. The number of rotatable bonds is 31. The van der Waals surface area contributed by atoms with Crippen LogP contribution in [0.4, 0.5) is 0 Å². The zero-order valence-corrected chi connectivity index (χ0v) is 33.7. The number of carbonyl (C=O) groups is 1. The van der Waals surface area contributed by atoms with Gasteiger partial charge in [-0.25, -0.2) is 0 Å². The highest BCUT2D eigenvalue weighted by atomic mass is 16.7. The molecule has 0 aromatic heterocycles. The number of hydrogen-bond donors (Lipinski definition) is 9. The molecule has 1 amide bonds. The predicted octanol–water partition coefficient (Wildman–Crippen LogP) is 3.26. The fraction of sp³-hybridized carbons (Fsp3) is 0.927. The van der Waals surface area contributed by atoms with Crippen molar-refractivity contribution >= 4 is 5.91 Å². The third kappa shape index (κ3) is 19.4. The van der Waals surface area contributed by atoms with Crippen LogP contribution in [0.1, 0.15) is 149 Å². The van der Waals surface area contributed by atoms with Crippen LogP contribution in [0.2, 0.25) is 0 Å². The predicted molar refractivity (Wildman–Crippen MR) is 208 cm³/mol. The van der Waals surface area contributed by atoms with Crippen molar-refractivity contribution in [2.75, 3.05) is 19.8 Å². The van der Waals surface area contributed by atoms with Crippen LogP contribution in [0.5, 0.6) is 0 Å². The molecule has 0 aromatic rings. The Kier molecular flexibility index (Phi) is 27.1. The Morgan fingerprint density at radius 1 is 0.636 bits per heavy atom. The van der Waals surface area contributed by atoms with Crippen molar-refractivity contribution in [3.8, 4) is 0 Å². The lowest BCUT2D eigenvalue weighted by Crippen LogP contribution is -2.65. The number of carbonyl (C=O) groups excluding carboxylic acids is 1. The highest BCUT2D eigenvalue weighted by molar-refractivity contribution is 5.73. The van der Waals surface area contributed by atoms with Gasteiger partial charge in [0.2, 0.25) is 5.91 Å². The topological polar surface area (TPSA) is 228 Å². The minimum atomic E-state index is -1.78. The first kappa shape index (κ1) is 49.9. The van der Waals surface area contributed by atoms with E-state index in [1.165, 1.54) is 122 Å². The van der Waals surface area contributed by atoms with Crippen LogP contribution in [0, 0.1) is 0 Å². The maximum Gasteiger partial charge on any atom is 0.217 e. The molecule has 14 nitrogen and oxygen atoms in total. The molecular weight excluding hydrogens is 714 g/mol. The second kappa shape index (κ2) is 29.9. The van der Waals surface area contributed by atoms with E-state index in [2.05, 4.69) is 12.2 Å². The molecule has 0 aliphatic carbocycles. The number of unbranched alkanes of at least 4 members (excludes halogenated alkanes) is 20. The number of allylic oxidation sites excluding steroid dienone is 1. The largest absolute Gasteiger partial charge is 0.394 e. The molecule has 324 valence electrons.